The average Bonchev–Trinajstić information content (AvgIpc) is 2.46. The molecule has 0 saturated heterocycles. The molecular weight excluding hydrogens is 300 g/mol. The second kappa shape index (κ2) is 6.85. The van der Waals surface area contributed by atoms with Crippen LogP contribution in [0, 0.1) is 0 Å². The number of nitrogens with one attached hydrogen (secondary N) is 2. The molecule has 116 valence electrons. The summed E-state index contributed by atoms with van der Waals surface area (Å²) in [5.74, 6) is 0.0993. The Morgan fingerprint density at radius 2 is 2.19 bits per heavy atom. The third-order valence-corrected chi connectivity index (χ3v) is 4.13. The molecule has 1 heterocycles. The number of fused-ring (bicyclic) bond motifs is 1. The Kier molecular flexibility index (Phi) is 5.12. The second-order valence-corrected chi connectivity index (χ2v) is 6.00. The van der Waals surface area contributed by atoms with Crippen LogP contribution in [0.1, 0.15) is 0 Å². The van der Waals surface area contributed by atoms with Crippen molar-refractivity contribution < 1.29 is 27.8 Å². The van der Waals surface area contributed by atoms with E-state index in [1.54, 1.807) is 0 Å². The molecule has 0 unspecified atom stereocenters. The van der Waals surface area contributed by atoms with Gasteiger partial charge in [-0.1, -0.05) is 0 Å². The molecule has 0 atom stereocenters. The van der Waals surface area contributed by atoms with Gasteiger partial charge in [0.05, 0.1) is 30.4 Å². The zero-order valence-electron chi connectivity index (χ0n) is 11.2. The number of hydrogen-bond donors (Lipinski definition) is 3. The topological polar surface area (TPSA) is 114 Å². The number of carbonyl (C=O) groups excluding carboxylic acids is 1. The quantitative estimate of drug-likeness (QED) is 0.574. The van der Waals surface area contributed by atoms with Crippen molar-refractivity contribution in [2.45, 2.75) is 4.90 Å². The number of rotatable bonds is 7. The van der Waals surface area contributed by atoms with E-state index in [0.29, 0.717) is 11.4 Å². The average molecular weight is 316 g/mol. The van der Waals surface area contributed by atoms with E-state index < -0.39 is 10.0 Å². The zero-order chi connectivity index (χ0) is 15.3. The summed E-state index contributed by atoms with van der Waals surface area (Å²) in [6, 6.07) is 4.22. The second-order valence-electron chi connectivity index (χ2n) is 4.23. The van der Waals surface area contributed by atoms with E-state index in [-0.39, 0.29) is 43.8 Å². The number of carbonyl (C=O) groups is 1. The van der Waals surface area contributed by atoms with Crippen LogP contribution in [0.2, 0.25) is 0 Å². The number of anilines is 1. The first kappa shape index (κ1) is 15.7. The summed E-state index contributed by atoms with van der Waals surface area (Å²) in [6.07, 6.45) is 0. The van der Waals surface area contributed by atoms with Crippen LogP contribution in [0.3, 0.4) is 0 Å². The van der Waals surface area contributed by atoms with Crippen molar-refractivity contribution in [3.8, 4) is 5.75 Å². The van der Waals surface area contributed by atoms with Crippen molar-refractivity contribution in [1.82, 2.24) is 4.72 Å². The summed E-state index contributed by atoms with van der Waals surface area (Å²) >= 11 is 0. The lowest BCUT2D eigenvalue weighted by molar-refractivity contribution is -0.118. The number of aliphatic hydroxyl groups is 1. The largest absolute Gasteiger partial charge is 0.482 e. The zero-order valence-corrected chi connectivity index (χ0v) is 12.0. The monoisotopic (exact) mass is 316 g/mol. The van der Waals surface area contributed by atoms with Crippen LogP contribution >= 0.6 is 0 Å². The van der Waals surface area contributed by atoms with Gasteiger partial charge in [-0.3, -0.25) is 4.79 Å². The molecule has 1 aliphatic heterocycles. The molecule has 1 aliphatic rings. The highest BCUT2D eigenvalue weighted by Crippen LogP contribution is 2.29. The van der Waals surface area contributed by atoms with Gasteiger partial charge in [-0.05, 0) is 18.2 Å². The Hall–Kier alpha value is -1.68. The first-order chi connectivity index (χ1) is 10.0. The van der Waals surface area contributed by atoms with E-state index in [2.05, 4.69) is 10.0 Å². The molecule has 0 fully saturated rings. The number of ether oxygens (including phenoxy) is 2. The minimum Gasteiger partial charge on any atom is -0.482 e. The third kappa shape index (κ3) is 4.14. The van der Waals surface area contributed by atoms with Crippen molar-refractivity contribution in [2.75, 3.05) is 38.3 Å². The standard InChI is InChI=1S/C12H16N2O6S/c15-4-6-19-5-3-13-21(17,18)9-1-2-11-10(7-9)14-12(16)8-20-11/h1-2,7,13,15H,3-6,8H2,(H,14,16). The lowest BCUT2D eigenvalue weighted by Crippen LogP contribution is -2.29. The van der Waals surface area contributed by atoms with Gasteiger partial charge in [0.2, 0.25) is 10.0 Å². The maximum atomic E-state index is 12.1. The molecule has 2 rings (SSSR count). The first-order valence-corrected chi connectivity index (χ1v) is 7.76. The van der Waals surface area contributed by atoms with E-state index in [1.165, 1.54) is 18.2 Å². The van der Waals surface area contributed by atoms with Crippen LogP contribution in [-0.2, 0) is 19.6 Å². The van der Waals surface area contributed by atoms with E-state index in [1.807, 2.05) is 0 Å². The van der Waals surface area contributed by atoms with Gasteiger partial charge in [-0.15, -0.1) is 0 Å². The summed E-state index contributed by atoms with van der Waals surface area (Å²) in [5, 5.41) is 11.1. The molecular formula is C12H16N2O6S. The van der Waals surface area contributed by atoms with Gasteiger partial charge in [0, 0.05) is 6.54 Å². The Morgan fingerprint density at radius 1 is 1.38 bits per heavy atom. The van der Waals surface area contributed by atoms with Crippen molar-refractivity contribution in [1.29, 1.82) is 0 Å². The highest BCUT2D eigenvalue weighted by molar-refractivity contribution is 7.89. The molecule has 1 aromatic rings. The molecule has 21 heavy (non-hydrogen) atoms. The number of sulfonamides is 1. The molecule has 0 bridgehead atoms. The van der Waals surface area contributed by atoms with E-state index in [0.717, 1.165) is 0 Å². The lowest BCUT2D eigenvalue weighted by atomic mass is 10.2. The molecule has 1 aromatic carbocycles. The van der Waals surface area contributed by atoms with Gasteiger partial charge in [0.1, 0.15) is 5.75 Å². The molecule has 9 heteroatoms. The number of hydrogen-bond acceptors (Lipinski definition) is 6. The predicted octanol–water partition coefficient (Wildman–Crippen LogP) is -0.695. The fourth-order valence-corrected chi connectivity index (χ4v) is 2.77. The van der Waals surface area contributed by atoms with Crippen molar-refractivity contribution >= 4 is 21.6 Å². The molecule has 0 spiro atoms. The van der Waals surface area contributed by atoms with Crippen molar-refractivity contribution in [3.63, 3.8) is 0 Å². The Labute approximate surface area is 122 Å². The molecule has 0 saturated carbocycles. The maximum absolute atomic E-state index is 12.1. The molecule has 0 radical (unpaired) electrons. The SMILES string of the molecule is O=C1COc2ccc(S(=O)(=O)NCCOCCO)cc2N1. The Morgan fingerprint density at radius 3 is 2.95 bits per heavy atom. The normalized spacial score (nSPS) is 14.2. The van der Waals surface area contributed by atoms with Crippen LogP contribution in [0.25, 0.3) is 0 Å². The van der Waals surface area contributed by atoms with Gasteiger partial charge >= 0.3 is 0 Å². The number of benzene rings is 1. The number of amides is 1. The third-order valence-electron chi connectivity index (χ3n) is 2.67. The van der Waals surface area contributed by atoms with Crippen LogP contribution in [0.15, 0.2) is 23.1 Å². The molecule has 0 aromatic heterocycles. The van der Waals surface area contributed by atoms with E-state index in [4.69, 9.17) is 14.6 Å². The van der Waals surface area contributed by atoms with Crippen molar-refractivity contribution in [2.24, 2.45) is 0 Å². The molecule has 1 amide bonds. The fraction of sp³-hybridized carbons (Fsp3) is 0.417. The summed E-state index contributed by atoms with van der Waals surface area (Å²) in [4.78, 5) is 11.2. The predicted molar refractivity (Wildman–Crippen MR) is 73.7 cm³/mol. The number of aliphatic hydroxyl groups excluding tert-OH is 1. The highest BCUT2D eigenvalue weighted by Gasteiger charge is 2.20. The Balaban J connectivity index is 2.03. The van der Waals surface area contributed by atoms with Crippen molar-refractivity contribution in [3.05, 3.63) is 18.2 Å². The summed E-state index contributed by atoms with van der Waals surface area (Å²) in [6.45, 7) is 0.202. The minimum atomic E-state index is -3.70. The van der Waals surface area contributed by atoms with Crippen LogP contribution in [0.5, 0.6) is 5.75 Å². The molecule has 8 nitrogen and oxygen atoms in total. The Bertz CT molecular complexity index is 616. The van der Waals surface area contributed by atoms with Gasteiger partial charge in [0.25, 0.3) is 5.91 Å². The van der Waals surface area contributed by atoms with E-state index in [9.17, 15) is 13.2 Å². The van der Waals surface area contributed by atoms with Crippen LogP contribution in [-0.4, -0.2) is 52.4 Å². The molecule has 0 aliphatic carbocycles. The van der Waals surface area contributed by atoms with Gasteiger partial charge in [-0.2, -0.15) is 0 Å². The summed E-state index contributed by atoms with van der Waals surface area (Å²) in [5.41, 5.74) is 0.325. The summed E-state index contributed by atoms with van der Waals surface area (Å²) in [7, 11) is -3.70. The first-order valence-electron chi connectivity index (χ1n) is 6.28. The smallest absolute Gasteiger partial charge is 0.262 e. The van der Waals surface area contributed by atoms with Crippen LogP contribution in [0.4, 0.5) is 5.69 Å². The summed E-state index contributed by atoms with van der Waals surface area (Å²) < 4.78 is 36.6. The van der Waals surface area contributed by atoms with Crippen LogP contribution < -0.4 is 14.8 Å². The van der Waals surface area contributed by atoms with Gasteiger partial charge in [-0.25, -0.2) is 13.1 Å². The van der Waals surface area contributed by atoms with Gasteiger partial charge < -0.3 is 19.9 Å². The van der Waals surface area contributed by atoms with E-state index >= 15 is 0 Å². The minimum absolute atomic E-state index is 0.0224. The van der Waals surface area contributed by atoms with Gasteiger partial charge in [0.15, 0.2) is 6.61 Å². The lowest BCUT2D eigenvalue weighted by Gasteiger charge is -2.18. The molecule has 3 N–H and O–H groups in total. The fourth-order valence-electron chi connectivity index (χ4n) is 1.73. The maximum Gasteiger partial charge on any atom is 0.262 e. The highest BCUT2D eigenvalue weighted by atomic mass is 32.2.